The van der Waals surface area contributed by atoms with Gasteiger partial charge < -0.3 is 16.0 Å². The number of amides is 1. The molecule has 33 heavy (non-hydrogen) atoms. The highest BCUT2D eigenvalue weighted by molar-refractivity contribution is 8.13. The van der Waals surface area contributed by atoms with Crippen LogP contribution in [0.1, 0.15) is 51.5 Å². The fourth-order valence-electron chi connectivity index (χ4n) is 3.59. The van der Waals surface area contributed by atoms with Crippen LogP contribution < -0.4 is 16.0 Å². The Hall–Kier alpha value is -2.45. The lowest BCUT2D eigenvalue weighted by Crippen LogP contribution is -2.41. The van der Waals surface area contributed by atoms with Crippen LogP contribution in [0.15, 0.2) is 52.2 Å². The second kappa shape index (κ2) is 14.0. The Morgan fingerprint density at radius 3 is 2.55 bits per heavy atom. The molecular formula is C25H36FN5OS. The predicted molar refractivity (Wildman–Crippen MR) is 139 cm³/mol. The molecular weight excluding hydrogens is 437 g/mol. The largest absolute Gasteiger partial charge is 0.378 e. The number of benzene rings is 1. The van der Waals surface area contributed by atoms with Crippen molar-refractivity contribution in [2.24, 2.45) is 9.98 Å². The van der Waals surface area contributed by atoms with Gasteiger partial charge in [0.2, 0.25) is 0 Å². The van der Waals surface area contributed by atoms with E-state index in [9.17, 15) is 9.18 Å². The highest BCUT2D eigenvalue weighted by atomic mass is 32.2. The van der Waals surface area contributed by atoms with Gasteiger partial charge in [-0.25, -0.2) is 9.38 Å². The molecule has 1 saturated heterocycles. The van der Waals surface area contributed by atoms with Crippen molar-refractivity contribution in [3.63, 3.8) is 0 Å². The molecule has 1 heterocycles. The number of hydrogen-bond donors (Lipinski definition) is 3. The Balaban J connectivity index is 2.39. The molecule has 0 radical (unpaired) electrons. The zero-order valence-corrected chi connectivity index (χ0v) is 20.7. The summed E-state index contributed by atoms with van der Waals surface area (Å²) in [5.41, 5.74) is 2.08. The number of piperidine rings is 1. The first-order valence-corrected chi connectivity index (χ1v) is 12.7. The number of hydrogen-bond acceptors (Lipinski definition) is 6. The lowest BCUT2D eigenvalue weighted by Gasteiger charge is -2.27. The second-order valence-electron chi connectivity index (χ2n) is 8.14. The third-order valence-electron chi connectivity index (χ3n) is 5.47. The standard InChI is InChI=1S/C25H36FN5OS/c1-6-7-8-17(2)29-24(32)18(3)30-25(33-5)23(31-21-13-15-28-16-14-21)22(27-4)19-9-11-20(26)12-10-19/h9-12,17,21,28,31H,3-4,6-8,13-16H2,1-2,5H3,(H,29,32)/b23-22-,30-25?. The van der Waals surface area contributed by atoms with E-state index in [4.69, 9.17) is 0 Å². The fourth-order valence-corrected chi connectivity index (χ4v) is 4.15. The van der Waals surface area contributed by atoms with Crippen molar-refractivity contribution in [1.82, 2.24) is 16.0 Å². The van der Waals surface area contributed by atoms with Crippen LogP contribution in [0.2, 0.25) is 0 Å². The molecule has 1 aliphatic rings. The molecule has 0 saturated carbocycles. The topological polar surface area (TPSA) is 77.9 Å². The molecule has 1 unspecified atom stereocenters. The Labute approximate surface area is 201 Å². The molecule has 0 bridgehead atoms. The lowest BCUT2D eigenvalue weighted by molar-refractivity contribution is -0.118. The normalized spacial score (nSPS) is 16.5. The molecule has 6 nitrogen and oxygen atoms in total. The zero-order valence-electron chi connectivity index (χ0n) is 19.9. The van der Waals surface area contributed by atoms with Crippen molar-refractivity contribution in [2.45, 2.75) is 58.0 Å². The monoisotopic (exact) mass is 473 g/mol. The second-order valence-corrected chi connectivity index (χ2v) is 8.94. The van der Waals surface area contributed by atoms with Gasteiger partial charge in [0.05, 0.1) is 11.4 Å². The first-order chi connectivity index (χ1) is 15.9. The van der Waals surface area contributed by atoms with Gasteiger partial charge in [-0.3, -0.25) is 9.79 Å². The quantitative estimate of drug-likeness (QED) is 0.251. The summed E-state index contributed by atoms with van der Waals surface area (Å²) in [7, 11) is 0. The van der Waals surface area contributed by atoms with Gasteiger partial charge >= 0.3 is 0 Å². The Morgan fingerprint density at radius 2 is 1.97 bits per heavy atom. The van der Waals surface area contributed by atoms with Crippen LogP contribution in [0, 0.1) is 5.82 Å². The van der Waals surface area contributed by atoms with Gasteiger partial charge in [-0.15, -0.1) is 11.8 Å². The van der Waals surface area contributed by atoms with Gasteiger partial charge in [-0.2, -0.15) is 0 Å². The van der Waals surface area contributed by atoms with Crippen LogP contribution in [0.3, 0.4) is 0 Å². The highest BCUT2D eigenvalue weighted by Gasteiger charge is 2.21. The summed E-state index contributed by atoms with van der Waals surface area (Å²) >= 11 is 1.40. The minimum absolute atomic E-state index is 0.0506. The number of carbonyl (C=O) groups is 1. The number of aliphatic imine (C=N–C) groups is 2. The summed E-state index contributed by atoms with van der Waals surface area (Å²) in [4.78, 5) is 21.5. The minimum Gasteiger partial charge on any atom is -0.378 e. The van der Waals surface area contributed by atoms with E-state index in [1.54, 1.807) is 12.1 Å². The van der Waals surface area contributed by atoms with Crippen molar-refractivity contribution in [3.05, 3.63) is 53.6 Å². The van der Waals surface area contributed by atoms with Gasteiger partial charge in [0.1, 0.15) is 16.6 Å². The van der Waals surface area contributed by atoms with Gasteiger partial charge in [0.15, 0.2) is 0 Å². The van der Waals surface area contributed by atoms with E-state index >= 15 is 0 Å². The van der Waals surface area contributed by atoms with E-state index in [1.165, 1.54) is 23.9 Å². The number of carbonyl (C=O) groups excluding carboxylic acids is 1. The van der Waals surface area contributed by atoms with Gasteiger partial charge in [0, 0.05) is 17.6 Å². The van der Waals surface area contributed by atoms with E-state index in [1.807, 2.05) is 13.2 Å². The van der Waals surface area contributed by atoms with Gasteiger partial charge in [-0.05, 0) is 76.5 Å². The summed E-state index contributed by atoms with van der Waals surface area (Å²) in [5.74, 6) is -0.614. The number of rotatable bonds is 11. The zero-order chi connectivity index (χ0) is 24.2. The maximum atomic E-state index is 13.5. The van der Waals surface area contributed by atoms with E-state index in [0.717, 1.165) is 45.2 Å². The Kier molecular flexibility index (Phi) is 11.3. The first kappa shape index (κ1) is 26.8. The summed E-state index contributed by atoms with van der Waals surface area (Å²) in [6.45, 7) is 13.6. The molecule has 1 amide bonds. The van der Waals surface area contributed by atoms with Gasteiger partial charge in [0.25, 0.3) is 5.91 Å². The van der Waals surface area contributed by atoms with Gasteiger partial charge in [-0.1, -0.05) is 26.3 Å². The smallest absolute Gasteiger partial charge is 0.269 e. The SMILES string of the molecule is C=N/C(=C(\NC1CCNCC1)C(=NC(=C)C(=O)NC(C)CCCC)SC)c1ccc(F)cc1. The van der Waals surface area contributed by atoms with E-state index < -0.39 is 0 Å². The molecule has 1 atom stereocenters. The first-order valence-electron chi connectivity index (χ1n) is 11.5. The van der Waals surface area contributed by atoms with Crippen molar-refractivity contribution in [1.29, 1.82) is 0 Å². The highest BCUT2D eigenvalue weighted by Crippen LogP contribution is 2.25. The number of halogens is 1. The minimum atomic E-state index is -0.323. The summed E-state index contributed by atoms with van der Waals surface area (Å²) in [5, 5.41) is 10.5. The average Bonchev–Trinajstić information content (AvgIpc) is 2.82. The molecule has 3 N–H and O–H groups in total. The summed E-state index contributed by atoms with van der Waals surface area (Å²) in [6.07, 6.45) is 6.81. The Bertz CT molecular complexity index is 875. The van der Waals surface area contributed by atoms with Crippen LogP contribution in [-0.2, 0) is 4.79 Å². The van der Waals surface area contributed by atoms with Crippen LogP contribution in [0.25, 0.3) is 5.70 Å². The predicted octanol–water partition coefficient (Wildman–Crippen LogP) is 4.51. The van der Waals surface area contributed by atoms with Crippen molar-refractivity contribution >= 4 is 35.1 Å². The third kappa shape index (κ3) is 8.44. The number of thioether (sulfide) groups is 1. The molecule has 1 fully saturated rings. The molecule has 8 heteroatoms. The van der Waals surface area contributed by atoms with Crippen LogP contribution in [0.5, 0.6) is 0 Å². The van der Waals surface area contributed by atoms with E-state index in [-0.39, 0.29) is 29.5 Å². The third-order valence-corrected chi connectivity index (χ3v) is 6.16. The summed E-state index contributed by atoms with van der Waals surface area (Å²) in [6, 6.07) is 6.38. The summed E-state index contributed by atoms with van der Waals surface area (Å²) < 4.78 is 13.5. The van der Waals surface area contributed by atoms with Crippen molar-refractivity contribution < 1.29 is 9.18 Å². The number of nitrogens with one attached hydrogen (secondary N) is 3. The molecule has 2 rings (SSSR count). The Morgan fingerprint density at radius 1 is 1.30 bits per heavy atom. The lowest BCUT2D eigenvalue weighted by atomic mass is 10.0. The number of nitrogens with zero attached hydrogens (tertiary/aromatic N) is 2. The maximum Gasteiger partial charge on any atom is 0.269 e. The number of unbranched alkanes of at least 4 members (excludes halogenated alkanes) is 1. The van der Waals surface area contributed by atoms with Crippen LogP contribution >= 0.6 is 11.8 Å². The molecule has 0 aromatic heterocycles. The molecule has 1 aliphatic heterocycles. The maximum absolute atomic E-state index is 13.5. The van der Waals surface area contributed by atoms with Crippen molar-refractivity contribution in [2.75, 3.05) is 19.3 Å². The van der Waals surface area contributed by atoms with Crippen molar-refractivity contribution in [3.8, 4) is 0 Å². The molecule has 0 aliphatic carbocycles. The van der Waals surface area contributed by atoms with Crippen LogP contribution in [-0.4, -0.2) is 49.1 Å². The van der Waals surface area contributed by atoms with Crippen LogP contribution in [0.4, 0.5) is 4.39 Å². The molecule has 180 valence electrons. The van der Waals surface area contributed by atoms with E-state index in [2.05, 4.69) is 46.2 Å². The molecule has 1 aromatic carbocycles. The molecule has 1 aromatic rings. The van der Waals surface area contributed by atoms with E-state index in [0.29, 0.717) is 22.0 Å². The molecule has 0 spiro atoms. The average molecular weight is 474 g/mol. The fraction of sp³-hybridized carbons (Fsp3) is 0.480.